The van der Waals surface area contributed by atoms with Gasteiger partial charge in [-0.25, -0.2) is 0 Å². The average molecular weight is 218 g/mol. The van der Waals surface area contributed by atoms with Crippen molar-refractivity contribution in [2.24, 2.45) is 7.05 Å². The average Bonchev–Trinajstić information content (AvgIpc) is 2.74. The second-order valence-corrected chi connectivity index (χ2v) is 3.85. The number of piperazine rings is 1. The summed E-state index contributed by atoms with van der Waals surface area (Å²) in [5.74, 6) is -0.0689. The zero-order valence-corrected chi connectivity index (χ0v) is 9.18. The molecule has 1 aliphatic rings. The fourth-order valence-corrected chi connectivity index (χ4v) is 1.89. The fraction of sp³-hybridized carbons (Fsp3) is 0.455. The molecule has 1 aliphatic heterocycles. The smallest absolute Gasteiger partial charge is 0.271 e. The fourth-order valence-electron chi connectivity index (χ4n) is 1.89. The summed E-state index contributed by atoms with van der Waals surface area (Å²) in [6, 6.07) is 5.39. The van der Waals surface area contributed by atoms with Gasteiger partial charge in [-0.3, -0.25) is 4.79 Å². The zero-order chi connectivity index (χ0) is 11.5. The number of aryl methyl sites for hydroxylation is 1. The number of carbonyl (C=O) groups excluding carboxylic acids is 1. The summed E-state index contributed by atoms with van der Waals surface area (Å²) in [6.07, 6.45) is 1.83. The van der Waals surface area contributed by atoms with Crippen molar-refractivity contribution in [1.29, 1.82) is 5.26 Å². The predicted octanol–water partition coefficient (Wildman–Crippen LogP) is -0.0373. The van der Waals surface area contributed by atoms with Gasteiger partial charge in [-0.05, 0) is 12.1 Å². The largest absolute Gasteiger partial charge is 0.347 e. The Morgan fingerprint density at radius 3 is 3.12 bits per heavy atom. The van der Waals surface area contributed by atoms with E-state index in [9.17, 15) is 4.79 Å². The van der Waals surface area contributed by atoms with E-state index in [0.29, 0.717) is 18.8 Å². The van der Waals surface area contributed by atoms with Crippen LogP contribution in [0.3, 0.4) is 0 Å². The third kappa shape index (κ3) is 1.79. The molecule has 1 aromatic heterocycles. The number of hydrogen-bond acceptors (Lipinski definition) is 3. The van der Waals surface area contributed by atoms with E-state index < -0.39 is 0 Å². The Balaban J connectivity index is 2.21. The summed E-state index contributed by atoms with van der Waals surface area (Å²) in [5, 5.41) is 12.1. The van der Waals surface area contributed by atoms with E-state index in [1.807, 2.05) is 19.3 Å². The second kappa shape index (κ2) is 4.37. The molecule has 1 amide bonds. The minimum absolute atomic E-state index is 0.0689. The minimum Gasteiger partial charge on any atom is -0.347 e. The van der Waals surface area contributed by atoms with Crippen LogP contribution in [0.15, 0.2) is 18.3 Å². The van der Waals surface area contributed by atoms with E-state index in [-0.39, 0.29) is 11.9 Å². The van der Waals surface area contributed by atoms with E-state index in [1.165, 1.54) is 0 Å². The number of nitrogens with zero attached hydrogens (tertiary/aromatic N) is 3. The Kier molecular flexibility index (Phi) is 2.93. The van der Waals surface area contributed by atoms with Crippen LogP contribution >= 0.6 is 0 Å². The van der Waals surface area contributed by atoms with Crippen molar-refractivity contribution in [3.05, 3.63) is 24.0 Å². The van der Waals surface area contributed by atoms with Gasteiger partial charge in [0.2, 0.25) is 0 Å². The molecule has 16 heavy (non-hydrogen) atoms. The van der Waals surface area contributed by atoms with E-state index in [0.717, 1.165) is 6.54 Å². The maximum atomic E-state index is 12.2. The van der Waals surface area contributed by atoms with Crippen LogP contribution in [0.4, 0.5) is 0 Å². The van der Waals surface area contributed by atoms with Crippen LogP contribution in [0.25, 0.3) is 0 Å². The van der Waals surface area contributed by atoms with Gasteiger partial charge in [0.15, 0.2) is 0 Å². The van der Waals surface area contributed by atoms with Crippen LogP contribution in [0.1, 0.15) is 10.5 Å². The molecule has 5 nitrogen and oxygen atoms in total. The molecular weight excluding hydrogens is 204 g/mol. The lowest BCUT2D eigenvalue weighted by Crippen LogP contribution is -2.53. The first-order valence-electron chi connectivity index (χ1n) is 5.26. The lowest BCUT2D eigenvalue weighted by atomic mass is 10.2. The molecule has 0 spiro atoms. The van der Waals surface area contributed by atoms with E-state index in [2.05, 4.69) is 11.4 Å². The molecule has 1 fully saturated rings. The number of aromatic nitrogens is 1. The van der Waals surface area contributed by atoms with Gasteiger partial charge >= 0.3 is 0 Å². The number of carbonyl (C=O) groups is 1. The summed E-state index contributed by atoms with van der Waals surface area (Å²) in [6.45, 7) is 1.88. The van der Waals surface area contributed by atoms with Gasteiger partial charge in [0.1, 0.15) is 11.7 Å². The molecule has 1 atom stereocenters. The molecular formula is C11H14N4O. The van der Waals surface area contributed by atoms with Crippen molar-refractivity contribution >= 4 is 5.91 Å². The first-order chi connectivity index (χ1) is 7.74. The van der Waals surface area contributed by atoms with Gasteiger partial charge in [0, 0.05) is 32.9 Å². The van der Waals surface area contributed by atoms with Crippen molar-refractivity contribution in [2.75, 3.05) is 19.6 Å². The highest BCUT2D eigenvalue weighted by Gasteiger charge is 2.28. The minimum atomic E-state index is -0.365. The highest BCUT2D eigenvalue weighted by atomic mass is 16.2. The van der Waals surface area contributed by atoms with Crippen molar-refractivity contribution in [3.63, 3.8) is 0 Å². The molecule has 0 radical (unpaired) electrons. The SMILES string of the molecule is Cn1cccc1C(=O)N1CCNCC1C#N. The molecule has 0 aromatic carbocycles. The van der Waals surface area contributed by atoms with E-state index in [4.69, 9.17) is 5.26 Å². The van der Waals surface area contributed by atoms with Crippen LogP contribution in [0.5, 0.6) is 0 Å². The first kappa shape index (κ1) is 10.7. The second-order valence-electron chi connectivity index (χ2n) is 3.85. The van der Waals surface area contributed by atoms with Gasteiger partial charge in [-0.1, -0.05) is 0 Å². The summed E-state index contributed by atoms with van der Waals surface area (Å²) in [7, 11) is 1.83. The Morgan fingerprint density at radius 1 is 1.69 bits per heavy atom. The summed E-state index contributed by atoms with van der Waals surface area (Å²) >= 11 is 0. The van der Waals surface area contributed by atoms with Gasteiger partial charge in [0.05, 0.1) is 6.07 Å². The topological polar surface area (TPSA) is 61.1 Å². The molecule has 1 N–H and O–H groups in total. The highest BCUT2D eigenvalue weighted by Crippen LogP contribution is 2.10. The van der Waals surface area contributed by atoms with E-state index in [1.54, 1.807) is 15.5 Å². The van der Waals surface area contributed by atoms with Crippen LogP contribution in [-0.2, 0) is 7.05 Å². The van der Waals surface area contributed by atoms with Crippen molar-refractivity contribution in [3.8, 4) is 6.07 Å². The number of nitrogens with one attached hydrogen (secondary N) is 1. The first-order valence-corrected chi connectivity index (χ1v) is 5.26. The molecule has 1 unspecified atom stereocenters. The Labute approximate surface area is 94.3 Å². The summed E-state index contributed by atoms with van der Waals surface area (Å²) < 4.78 is 1.78. The van der Waals surface area contributed by atoms with Crippen molar-refractivity contribution in [2.45, 2.75) is 6.04 Å². The molecule has 0 saturated carbocycles. The number of nitriles is 1. The predicted molar refractivity (Wildman–Crippen MR) is 58.7 cm³/mol. The zero-order valence-electron chi connectivity index (χ0n) is 9.18. The molecule has 0 bridgehead atoms. The molecule has 84 valence electrons. The number of rotatable bonds is 1. The Bertz CT molecular complexity index is 431. The molecule has 5 heteroatoms. The Morgan fingerprint density at radius 2 is 2.50 bits per heavy atom. The molecule has 1 aromatic rings. The number of amides is 1. The van der Waals surface area contributed by atoms with Crippen LogP contribution in [-0.4, -0.2) is 41.1 Å². The van der Waals surface area contributed by atoms with Crippen LogP contribution < -0.4 is 5.32 Å². The van der Waals surface area contributed by atoms with Gasteiger partial charge in [0.25, 0.3) is 5.91 Å². The normalized spacial score (nSPS) is 20.5. The monoisotopic (exact) mass is 218 g/mol. The highest BCUT2D eigenvalue weighted by molar-refractivity contribution is 5.93. The third-order valence-corrected chi connectivity index (χ3v) is 2.82. The van der Waals surface area contributed by atoms with Crippen LogP contribution in [0, 0.1) is 11.3 Å². The molecule has 2 rings (SSSR count). The third-order valence-electron chi connectivity index (χ3n) is 2.82. The van der Waals surface area contributed by atoms with Crippen molar-refractivity contribution < 1.29 is 4.79 Å². The maximum Gasteiger partial charge on any atom is 0.271 e. The van der Waals surface area contributed by atoms with E-state index >= 15 is 0 Å². The lowest BCUT2D eigenvalue weighted by Gasteiger charge is -2.31. The number of hydrogen-bond donors (Lipinski definition) is 1. The van der Waals surface area contributed by atoms with Crippen LogP contribution in [0.2, 0.25) is 0 Å². The molecule has 2 heterocycles. The van der Waals surface area contributed by atoms with Gasteiger partial charge in [-0.2, -0.15) is 5.26 Å². The molecule has 1 saturated heterocycles. The van der Waals surface area contributed by atoms with Crippen molar-refractivity contribution in [1.82, 2.24) is 14.8 Å². The van der Waals surface area contributed by atoms with Gasteiger partial charge in [-0.15, -0.1) is 0 Å². The lowest BCUT2D eigenvalue weighted by molar-refractivity contribution is 0.0677. The standard InChI is InChI=1S/C11H14N4O/c1-14-5-2-3-10(14)11(16)15-6-4-13-8-9(15)7-12/h2-3,5,9,13H,4,6,8H2,1H3. The molecule has 0 aliphatic carbocycles. The quantitative estimate of drug-likeness (QED) is 0.719. The summed E-state index contributed by atoms with van der Waals surface area (Å²) in [5.41, 5.74) is 0.627. The van der Waals surface area contributed by atoms with Gasteiger partial charge < -0.3 is 14.8 Å². The maximum absolute atomic E-state index is 12.2. The Hall–Kier alpha value is -1.80. The summed E-state index contributed by atoms with van der Waals surface area (Å²) in [4.78, 5) is 13.8.